The van der Waals surface area contributed by atoms with E-state index in [9.17, 15) is 20.0 Å². The Hall–Kier alpha value is -4.53. The van der Waals surface area contributed by atoms with E-state index in [-0.39, 0.29) is 26.3 Å². The zero-order valence-electron chi connectivity index (χ0n) is 27.2. The second-order valence-electron chi connectivity index (χ2n) is 12.0. The summed E-state index contributed by atoms with van der Waals surface area (Å²) < 4.78 is 44.3. The van der Waals surface area contributed by atoms with Gasteiger partial charge in [-0.2, -0.15) is 26.8 Å². The lowest BCUT2D eigenvalue weighted by Crippen LogP contribution is -2.52. The predicted molar refractivity (Wildman–Crippen MR) is 185 cm³/mol. The summed E-state index contributed by atoms with van der Waals surface area (Å²) in [5, 5.41) is 29.9. The van der Waals surface area contributed by atoms with Crippen LogP contribution in [0.25, 0.3) is 0 Å². The standard InChI is InChI=1S/C36H40N4O8S/c1-25(37-43)29-13-9-11-27(19-29)21-39-33(23-47-31-15-5-3-6-16-31)35(41)36(42)34(24-48-32-17-7-4-8-18-32)40(49(39,45)46)22-28-12-10-14-30(20-28)26(2)38-44/h3-20,25-26,33-36,41-42H,21-24H2,1-2H3/t25?,26?,33-,34-,35+,36+/m1/s1. The number of aliphatic hydroxyl groups is 2. The highest BCUT2D eigenvalue weighted by Crippen LogP contribution is 2.32. The molecule has 4 aromatic rings. The second kappa shape index (κ2) is 16.2. The van der Waals surface area contributed by atoms with Crippen LogP contribution in [0.3, 0.4) is 0 Å². The lowest BCUT2D eigenvalue weighted by atomic mass is 9.98. The Balaban J connectivity index is 1.60. The maximum absolute atomic E-state index is 15.0. The third-order valence-corrected chi connectivity index (χ3v) is 10.6. The van der Waals surface area contributed by atoms with E-state index in [0.29, 0.717) is 33.8 Å². The average molecular weight is 689 g/mol. The number of ether oxygens (including phenoxy) is 2. The molecule has 0 saturated carbocycles. The molecule has 13 heteroatoms. The van der Waals surface area contributed by atoms with E-state index in [0.717, 1.165) is 8.61 Å². The quantitative estimate of drug-likeness (QED) is 0.164. The van der Waals surface area contributed by atoms with Crippen LogP contribution in [0.5, 0.6) is 11.5 Å². The van der Waals surface area contributed by atoms with E-state index < -0.39 is 46.6 Å². The van der Waals surface area contributed by atoms with E-state index in [2.05, 4.69) is 10.4 Å². The fourth-order valence-electron chi connectivity index (χ4n) is 5.81. The van der Waals surface area contributed by atoms with Crippen molar-refractivity contribution in [2.24, 2.45) is 10.4 Å². The molecule has 0 aliphatic carbocycles. The second-order valence-corrected chi connectivity index (χ2v) is 13.8. The van der Waals surface area contributed by atoms with Gasteiger partial charge in [-0.3, -0.25) is 0 Å². The van der Waals surface area contributed by atoms with Gasteiger partial charge in [0, 0.05) is 13.1 Å². The van der Waals surface area contributed by atoms with E-state index in [1.54, 1.807) is 111 Å². The molecule has 1 saturated heterocycles. The van der Waals surface area contributed by atoms with Gasteiger partial charge in [-0.15, -0.1) is 0 Å². The molecule has 1 fully saturated rings. The fourth-order valence-corrected chi connectivity index (χ4v) is 7.76. The minimum absolute atomic E-state index is 0.219. The third kappa shape index (κ3) is 8.56. The molecule has 0 aromatic heterocycles. The number of aliphatic hydroxyl groups excluding tert-OH is 2. The summed E-state index contributed by atoms with van der Waals surface area (Å²) in [6.07, 6.45) is -3.23. The summed E-state index contributed by atoms with van der Waals surface area (Å²) in [5.41, 5.74) is 2.26. The summed E-state index contributed by atoms with van der Waals surface area (Å²) in [6.45, 7) is 2.27. The van der Waals surface area contributed by atoms with Crippen LogP contribution >= 0.6 is 0 Å². The minimum Gasteiger partial charge on any atom is -0.492 e. The maximum atomic E-state index is 15.0. The molecule has 0 radical (unpaired) electrons. The molecule has 0 spiro atoms. The van der Waals surface area contributed by atoms with Crippen molar-refractivity contribution in [3.05, 3.63) is 141 Å². The van der Waals surface area contributed by atoms with Crippen molar-refractivity contribution in [2.45, 2.75) is 63.3 Å². The first kappa shape index (κ1) is 35.8. The number of nitroso groups, excluding NO2 is 2. The third-order valence-electron chi connectivity index (χ3n) is 8.66. The Labute approximate surface area is 286 Å². The summed E-state index contributed by atoms with van der Waals surface area (Å²) in [5.74, 6) is 0.906. The first-order chi connectivity index (χ1) is 23.6. The molecule has 12 nitrogen and oxygen atoms in total. The van der Waals surface area contributed by atoms with Crippen LogP contribution < -0.4 is 9.47 Å². The van der Waals surface area contributed by atoms with Crippen molar-refractivity contribution < 1.29 is 28.1 Å². The van der Waals surface area contributed by atoms with E-state index in [1.807, 2.05) is 12.1 Å². The van der Waals surface area contributed by atoms with E-state index in [1.165, 1.54) is 0 Å². The molecule has 2 N–H and O–H groups in total. The van der Waals surface area contributed by atoms with Gasteiger partial charge < -0.3 is 19.7 Å². The van der Waals surface area contributed by atoms with Crippen molar-refractivity contribution in [1.82, 2.24) is 8.61 Å². The van der Waals surface area contributed by atoms with Crippen molar-refractivity contribution in [2.75, 3.05) is 13.2 Å². The normalized spacial score (nSPS) is 22.4. The van der Waals surface area contributed by atoms with Gasteiger partial charge in [0.1, 0.15) is 49.0 Å². The Morgan fingerprint density at radius 2 is 1.02 bits per heavy atom. The number of hydrogen-bond acceptors (Lipinski definition) is 10. The molecule has 1 aliphatic heterocycles. The zero-order chi connectivity index (χ0) is 35.0. The lowest BCUT2D eigenvalue weighted by molar-refractivity contribution is -0.0565. The molecule has 258 valence electrons. The van der Waals surface area contributed by atoms with E-state index in [4.69, 9.17) is 9.47 Å². The molecule has 0 amide bonds. The predicted octanol–water partition coefficient (Wildman–Crippen LogP) is 5.52. The number of nitrogens with zero attached hydrogens (tertiary/aromatic N) is 4. The number of benzene rings is 4. The number of para-hydroxylation sites is 2. The van der Waals surface area contributed by atoms with Crippen LogP contribution in [0.4, 0.5) is 0 Å². The largest absolute Gasteiger partial charge is 0.492 e. The molecule has 0 bridgehead atoms. The topological polar surface area (TPSA) is 158 Å². The van der Waals surface area contributed by atoms with Crippen molar-refractivity contribution in [3.8, 4) is 11.5 Å². The van der Waals surface area contributed by atoms with Crippen molar-refractivity contribution in [1.29, 1.82) is 0 Å². The summed E-state index contributed by atoms with van der Waals surface area (Å²) in [7, 11) is -4.53. The summed E-state index contributed by atoms with van der Waals surface area (Å²) in [4.78, 5) is 22.7. The smallest absolute Gasteiger partial charge is 0.283 e. The monoisotopic (exact) mass is 688 g/mol. The van der Waals surface area contributed by atoms with Gasteiger partial charge in [-0.1, -0.05) is 95.3 Å². The molecular weight excluding hydrogens is 648 g/mol. The van der Waals surface area contributed by atoms with Gasteiger partial charge in [0.25, 0.3) is 10.2 Å². The summed E-state index contributed by atoms with van der Waals surface area (Å²) in [6, 6.07) is 27.4. The van der Waals surface area contributed by atoms with Gasteiger partial charge in [-0.05, 0) is 60.4 Å². The average Bonchev–Trinajstić information content (AvgIpc) is 3.18. The molecular formula is C36H40N4O8S. The summed E-state index contributed by atoms with van der Waals surface area (Å²) >= 11 is 0. The van der Waals surface area contributed by atoms with E-state index >= 15 is 8.42 Å². The highest BCUT2D eigenvalue weighted by atomic mass is 32.2. The van der Waals surface area contributed by atoms with Crippen LogP contribution in [0.15, 0.2) is 120 Å². The lowest BCUT2D eigenvalue weighted by Gasteiger charge is -2.34. The van der Waals surface area contributed by atoms with Gasteiger partial charge in [0.15, 0.2) is 0 Å². The first-order valence-electron chi connectivity index (χ1n) is 16.0. The maximum Gasteiger partial charge on any atom is 0.283 e. The number of hydrogen-bond donors (Lipinski definition) is 2. The fraction of sp³-hybridized carbons (Fsp3) is 0.333. The Morgan fingerprint density at radius 1 is 0.633 bits per heavy atom. The molecule has 5 rings (SSSR count). The van der Waals surface area contributed by atoms with Crippen molar-refractivity contribution >= 4 is 10.2 Å². The number of rotatable bonds is 14. The van der Waals surface area contributed by atoms with Gasteiger partial charge >= 0.3 is 0 Å². The van der Waals surface area contributed by atoms with Gasteiger partial charge in [0.2, 0.25) is 0 Å². The molecule has 2 unspecified atom stereocenters. The zero-order valence-corrected chi connectivity index (χ0v) is 28.0. The highest BCUT2D eigenvalue weighted by Gasteiger charge is 2.51. The van der Waals surface area contributed by atoms with Crippen molar-refractivity contribution in [3.63, 3.8) is 0 Å². The van der Waals surface area contributed by atoms with Crippen LogP contribution in [0.1, 0.15) is 48.2 Å². The van der Waals surface area contributed by atoms with Crippen LogP contribution in [-0.2, 0) is 23.3 Å². The minimum atomic E-state index is -4.53. The van der Waals surface area contributed by atoms with Gasteiger partial charge in [-0.25, -0.2) is 0 Å². The van der Waals surface area contributed by atoms with Crippen LogP contribution in [0.2, 0.25) is 0 Å². The SMILES string of the molecule is CC(N=O)c1cccc(CN2[C@H](COc3ccccc3)[C@H](O)[C@@H](O)[C@@H](COc3ccccc3)N(Cc3cccc(C(C)N=O)c3)S2(=O)=O)c1. The highest BCUT2D eigenvalue weighted by molar-refractivity contribution is 7.86. The molecule has 4 aromatic carbocycles. The Bertz CT molecular complexity index is 1670. The molecule has 49 heavy (non-hydrogen) atoms. The molecule has 6 atom stereocenters. The Kier molecular flexibility index (Phi) is 11.9. The van der Waals surface area contributed by atoms with Gasteiger partial charge in [0.05, 0.1) is 12.1 Å². The van der Waals surface area contributed by atoms with Crippen LogP contribution in [-0.4, -0.2) is 64.7 Å². The molecule has 1 aliphatic rings. The van der Waals surface area contributed by atoms with Crippen LogP contribution in [0, 0.1) is 9.81 Å². The molecule has 1 heterocycles. The first-order valence-corrected chi connectivity index (χ1v) is 17.3. The Morgan fingerprint density at radius 3 is 1.39 bits per heavy atom.